The standard InChI is InChI=1S/C19H31NO2/c1-5-8-13-22-18-12-11-16(14-15(18)4)19(21)20-17(9-6-2)10-7-3/h11-12,14,17H,5-10,13H2,1-4H3,(H,20,21). The topological polar surface area (TPSA) is 38.3 Å². The Morgan fingerprint density at radius 3 is 2.36 bits per heavy atom. The third-order valence-electron chi connectivity index (χ3n) is 3.80. The quantitative estimate of drug-likeness (QED) is 0.626. The zero-order valence-corrected chi connectivity index (χ0v) is 14.6. The molecule has 0 saturated carbocycles. The van der Waals surface area contributed by atoms with Crippen molar-refractivity contribution in [1.29, 1.82) is 0 Å². The third-order valence-corrected chi connectivity index (χ3v) is 3.80. The molecule has 0 fully saturated rings. The van der Waals surface area contributed by atoms with Gasteiger partial charge in [0.05, 0.1) is 6.61 Å². The van der Waals surface area contributed by atoms with Crippen LogP contribution in [-0.4, -0.2) is 18.6 Å². The Kier molecular flexibility index (Phi) is 8.64. The molecule has 0 bridgehead atoms. The molecule has 0 aliphatic rings. The first-order valence-corrected chi connectivity index (χ1v) is 8.66. The van der Waals surface area contributed by atoms with Gasteiger partial charge < -0.3 is 10.1 Å². The summed E-state index contributed by atoms with van der Waals surface area (Å²) in [7, 11) is 0. The van der Waals surface area contributed by atoms with Crippen LogP contribution in [0.1, 0.15) is 75.2 Å². The lowest BCUT2D eigenvalue weighted by atomic mass is 10.1. The normalized spacial score (nSPS) is 10.8. The highest BCUT2D eigenvalue weighted by Gasteiger charge is 2.13. The van der Waals surface area contributed by atoms with Gasteiger partial charge in [-0.25, -0.2) is 0 Å². The first-order chi connectivity index (χ1) is 10.6. The molecule has 1 aromatic carbocycles. The SMILES string of the molecule is CCCCOc1ccc(C(=O)NC(CCC)CCC)cc1C. The van der Waals surface area contributed by atoms with Crippen LogP contribution in [0.2, 0.25) is 0 Å². The number of nitrogens with one attached hydrogen (secondary N) is 1. The summed E-state index contributed by atoms with van der Waals surface area (Å²) in [6.45, 7) is 9.18. The van der Waals surface area contributed by atoms with Crippen molar-refractivity contribution in [2.24, 2.45) is 0 Å². The van der Waals surface area contributed by atoms with E-state index in [4.69, 9.17) is 4.74 Å². The number of aryl methyl sites for hydroxylation is 1. The zero-order chi connectivity index (χ0) is 16.4. The summed E-state index contributed by atoms with van der Waals surface area (Å²) in [5.74, 6) is 0.902. The molecular formula is C19H31NO2. The fourth-order valence-corrected chi connectivity index (χ4v) is 2.53. The Morgan fingerprint density at radius 2 is 1.82 bits per heavy atom. The predicted octanol–water partition coefficient (Wildman–Crippen LogP) is 4.87. The molecule has 0 radical (unpaired) electrons. The maximum absolute atomic E-state index is 12.4. The van der Waals surface area contributed by atoms with Crippen molar-refractivity contribution < 1.29 is 9.53 Å². The van der Waals surface area contributed by atoms with Crippen LogP contribution in [0, 0.1) is 6.92 Å². The minimum atomic E-state index is 0.0232. The van der Waals surface area contributed by atoms with Gasteiger partial charge >= 0.3 is 0 Å². The number of carbonyl (C=O) groups is 1. The summed E-state index contributed by atoms with van der Waals surface area (Å²) < 4.78 is 5.74. The number of carbonyl (C=O) groups excluding carboxylic acids is 1. The number of hydrogen-bond acceptors (Lipinski definition) is 2. The van der Waals surface area contributed by atoms with Crippen LogP contribution in [0.15, 0.2) is 18.2 Å². The molecule has 0 aromatic heterocycles. The smallest absolute Gasteiger partial charge is 0.251 e. The lowest BCUT2D eigenvalue weighted by Crippen LogP contribution is -2.34. The average Bonchev–Trinajstić information content (AvgIpc) is 2.49. The van der Waals surface area contributed by atoms with Crippen molar-refractivity contribution >= 4 is 5.91 Å². The Hall–Kier alpha value is -1.51. The fourth-order valence-electron chi connectivity index (χ4n) is 2.53. The first kappa shape index (κ1) is 18.5. The van der Waals surface area contributed by atoms with Crippen LogP contribution in [0.5, 0.6) is 5.75 Å². The van der Waals surface area contributed by atoms with Gasteiger partial charge in [-0.05, 0) is 49.9 Å². The van der Waals surface area contributed by atoms with E-state index in [0.29, 0.717) is 0 Å². The maximum Gasteiger partial charge on any atom is 0.251 e. The van der Waals surface area contributed by atoms with E-state index in [2.05, 4.69) is 26.1 Å². The van der Waals surface area contributed by atoms with Gasteiger partial charge in [0.2, 0.25) is 0 Å². The minimum Gasteiger partial charge on any atom is -0.493 e. The summed E-state index contributed by atoms with van der Waals surface area (Å²) >= 11 is 0. The molecule has 1 N–H and O–H groups in total. The molecular weight excluding hydrogens is 274 g/mol. The highest BCUT2D eigenvalue weighted by molar-refractivity contribution is 5.94. The minimum absolute atomic E-state index is 0.0232. The molecule has 3 heteroatoms. The number of amides is 1. The fraction of sp³-hybridized carbons (Fsp3) is 0.632. The highest BCUT2D eigenvalue weighted by Crippen LogP contribution is 2.20. The van der Waals surface area contributed by atoms with E-state index in [1.54, 1.807) is 0 Å². The zero-order valence-electron chi connectivity index (χ0n) is 14.6. The Labute approximate surface area is 135 Å². The van der Waals surface area contributed by atoms with Crippen molar-refractivity contribution in [2.75, 3.05) is 6.61 Å². The Morgan fingerprint density at radius 1 is 1.14 bits per heavy atom. The van der Waals surface area contributed by atoms with Crippen molar-refractivity contribution in [1.82, 2.24) is 5.32 Å². The second kappa shape index (κ2) is 10.3. The molecule has 1 amide bonds. The first-order valence-electron chi connectivity index (χ1n) is 8.66. The number of unbranched alkanes of at least 4 members (excludes halogenated alkanes) is 1. The van der Waals surface area contributed by atoms with E-state index in [0.717, 1.165) is 62.0 Å². The summed E-state index contributed by atoms with van der Waals surface area (Å²) in [5, 5.41) is 3.15. The van der Waals surface area contributed by atoms with E-state index in [1.807, 2.05) is 25.1 Å². The molecule has 0 unspecified atom stereocenters. The van der Waals surface area contributed by atoms with Crippen LogP contribution >= 0.6 is 0 Å². The van der Waals surface area contributed by atoms with E-state index in [1.165, 1.54) is 0 Å². The lowest BCUT2D eigenvalue weighted by molar-refractivity contribution is 0.0932. The molecule has 0 atom stereocenters. The predicted molar refractivity (Wildman–Crippen MR) is 92.7 cm³/mol. The monoisotopic (exact) mass is 305 g/mol. The molecule has 0 spiro atoms. The summed E-state index contributed by atoms with van der Waals surface area (Å²) in [6, 6.07) is 5.97. The molecule has 0 heterocycles. The number of ether oxygens (including phenoxy) is 1. The Balaban J connectivity index is 2.67. The second-order valence-corrected chi connectivity index (χ2v) is 5.93. The highest BCUT2D eigenvalue weighted by atomic mass is 16.5. The average molecular weight is 305 g/mol. The van der Waals surface area contributed by atoms with Crippen molar-refractivity contribution in [3.63, 3.8) is 0 Å². The molecule has 1 aromatic rings. The maximum atomic E-state index is 12.4. The van der Waals surface area contributed by atoms with E-state index < -0.39 is 0 Å². The van der Waals surface area contributed by atoms with E-state index in [-0.39, 0.29) is 11.9 Å². The van der Waals surface area contributed by atoms with E-state index in [9.17, 15) is 4.79 Å². The molecule has 3 nitrogen and oxygen atoms in total. The second-order valence-electron chi connectivity index (χ2n) is 5.93. The van der Waals surface area contributed by atoms with Gasteiger partial charge in [0, 0.05) is 11.6 Å². The molecule has 0 aliphatic heterocycles. The summed E-state index contributed by atoms with van der Waals surface area (Å²) in [4.78, 5) is 12.4. The van der Waals surface area contributed by atoms with E-state index >= 15 is 0 Å². The lowest BCUT2D eigenvalue weighted by Gasteiger charge is -2.18. The van der Waals surface area contributed by atoms with Crippen LogP contribution < -0.4 is 10.1 Å². The number of hydrogen-bond donors (Lipinski definition) is 1. The van der Waals surface area contributed by atoms with Gasteiger partial charge in [-0.15, -0.1) is 0 Å². The number of rotatable bonds is 10. The van der Waals surface area contributed by atoms with Gasteiger partial charge in [-0.1, -0.05) is 40.0 Å². The molecule has 1 rings (SSSR count). The Bertz CT molecular complexity index is 451. The largest absolute Gasteiger partial charge is 0.493 e. The van der Waals surface area contributed by atoms with Crippen molar-refractivity contribution in [2.45, 2.75) is 72.3 Å². The third kappa shape index (κ3) is 6.08. The van der Waals surface area contributed by atoms with Crippen LogP contribution in [0.4, 0.5) is 0 Å². The van der Waals surface area contributed by atoms with Gasteiger partial charge in [0.15, 0.2) is 0 Å². The van der Waals surface area contributed by atoms with Crippen LogP contribution in [0.3, 0.4) is 0 Å². The number of benzene rings is 1. The van der Waals surface area contributed by atoms with Crippen molar-refractivity contribution in [3.8, 4) is 5.75 Å². The summed E-state index contributed by atoms with van der Waals surface area (Å²) in [5.41, 5.74) is 1.74. The molecule has 22 heavy (non-hydrogen) atoms. The molecule has 0 saturated heterocycles. The van der Waals surface area contributed by atoms with Crippen molar-refractivity contribution in [3.05, 3.63) is 29.3 Å². The summed E-state index contributed by atoms with van der Waals surface area (Å²) in [6.07, 6.45) is 6.43. The van der Waals surface area contributed by atoms with Gasteiger partial charge in [-0.2, -0.15) is 0 Å². The van der Waals surface area contributed by atoms with Gasteiger partial charge in [-0.3, -0.25) is 4.79 Å². The van der Waals surface area contributed by atoms with Crippen LogP contribution in [-0.2, 0) is 0 Å². The van der Waals surface area contributed by atoms with Crippen LogP contribution in [0.25, 0.3) is 0 Å². The molecule has 0 aliphatic carbocycles. The van der Waals surface area contributed by atoms with Gasteiger partial charge in [0.1, 0.15) is 5.75 Å². The molecule has 124 valence electrons. The van der Waals surface area contributed by atoms with Gasteiger partial charge in [0.25, 0.3) is 5.91 Å².